The zero-order chi connectivity index (χ0) is 24.9. The van der Waals surface area contributed by atoms with Crippen molar-refractivity contribution in [2.75, 3.05) is 10.6 Å². The lowest BCUT2D eigenvalue weighted by molar-refractivity contribution is -0.123. The highest BCUT2D eigenvalue weighted by Gasteiger charge is 2.22. The number of anilines is 2. The fourth-order valence-corrected chi connectivity index (χ4v) is 3.74. The van der Waals surface area contributed by atoms with Crippen LogP contribution in [0.25, 0.3) is 22.2 Å². The first-order valence-electron chi connectivity index (χ1n) is 10.9. The van der Waals surface area contributed by atoms with E-state index in [1.54, 1.807) is 36.4 Å². The minimum Gasteiger partial charge on any atom is -0.449 e. The Kier molecular flexibility index (Phi) is 7.22. The molecule has 0 saturated heterocycles. The van der Waals surface area contributed by atoms with Gasteiger partial charge in [0.2, 0.25) is 5.91 Å². The van der Waals surface area contributed by atoms with Crippen molar-refractivity contribution >= 4 is 56.0 Å². The lowest BCUT2D eigenvalue weighted by Gasteiger charge is -2.15. The van der Waals surface area contributed by atoms with Gasteiger partial charge in [-0.05, 0) is 55.5 Å². The maximum Gasteiger partial charge on any atom is 0.339 e. The number of para-hydroxylation sites is 1. The van der Waals surface area contributed by atoms with Crippen LogP contribution in [0.3, 0.4) is 0 Å². The van der Waals surface area contributed by atoms with Crippen molar-refractivity contribution in [3.63, 3.8) is 0 Å². The predicted molar refractivity (Wildman–Crippen MR) is 139 cm³/mol. The topological polar surface area (TPSA) is 97.4 Å². The van der Waals surface area contributed by atoms with E-state index < -0.39 is 18.0 Å². The summed E-state index contributed by atoms with van der Waals surface area (Å²) in [4.78, 5) is 41.6. The Labute approximate surface area is 210 Å². The number of amides is 2. The largest absolute Gasteiger partial charge is 0.449 e. The van der Waals surface area contributed by atoms with Crippen LogP contribution in [0.5, 0.6) is 0 Å². The van der Waals surface area contributed by atoms with Crippen LogP contribution in [-0.2, 0) is 14.3 Å². The first-order valence-corrected chi connectivity index (χ1v) is 11.6. The van der Waals surface area contributed by atoms with Crippen molar-refractivity contribution in [3.8, 4) is 11.3 Å². The molecule has 4 rings (SSSR count). The highest BCUT2D eigenvalue weighted by atomic mass is 79.9. The highest BCUT2D eigenvalue weighted by molar-refractivity contribution is 9.10. The van der Waals surface area contributed by atoms with E-state index in [2.05, 4.69) is 31.5 Å². The fourth-order valence-electron chi connectivity index (χ4n) is 3.47. The Bertz CT molecular complexity index is 1400. The minimum atomic E-state index is -1.04. The fraction of sp³-hybridized carbons (Fsp3) is 0.111. The number of esters is 1. The third kappa shape index (κ3) is 5.91. The van der Waals surface area contributed by atoms with E-state index in [9.17, 15) is 14.4 Å². The van der Waals surface area contributed by atoms with Crippen LogP contribution in [0, 0.1) is 0 Å². The number of benzene rings is 3. The van der Waals surface area contributed by atoms with Crippen molar-refractivity contribution < 1.29 is 19.1 Å². The number of rotatable bonds is 6. The van der Waals surface area contributed by atoms with E-state index in [0.29, 0.717) is 33.5 Å². The minimum absolute atomic E-state index is 0.186. The van der Waals surface area contributed by atoms with Crippen molar-refractivity contribution in [3.05, 3.63) is 88.9 Å². The Morgan fingerprint density at radius 2 is 1.51 bits per heavy atom. The molecule has 0 aliphatic heterocycles. The number of hydrogen-bond acceptors (Lipinski definition) is 5. The molecule has 0 spiro atoms. The lowest BCUT2D eigenvalue weighted by Crippen LogP contribution is -2.30. The molecule has 8 heteroatoms. The summed E-state index contributed by atoms with van der Waals surface area (Å²) >= 11 is 3.42. The van der Waals surface area contributed by atoms with Gasteiger partial charge in [0.25, 0.3) is 5.91 Å². The van der Waals surface area contributed by atoms with E-state index in [0.717, 1.165) is 10.0 Å². The molecule has 0 aliphatic carbocycles. The van der Waals surface area contributed by atoms with Gasteiger partial charge in [-0.2, -0.15) is 0 Å². The van der Waals surface area contributed by atoms with Crippen molar-refractivity contribution in [1.29, 1.82) is 0 Å². The van der Waals surface area contributed by atoms with Crippen molar-refractivity contribution in [2.45, 2.75) is 20.0 Å². The third-order valence-corrected chi connectivity index (χ3v) is 5.73. The molecule has 3 aromatic carbocycles. The van der Waals surface area contributed by atoms with E-state index in [1.807, 2.05) is 42.5 Å². The monoisotopic (exact) mass is 531 g/mol. The van der Waals surface area contributed by atoms with Crippen LogP contribution in [-0.4, -0.2) is 28.9 Å². The zero-order valence-electron chi connectivity index (χ0n) is 19.0. The number of ether oxygens (including phenoxy) is 1. The molecule has 1 atom stereocenters. The first kappa shape index (κ1) is 24.1. The molecule has 2 amide bonds. The molecule has 0 aliphatic rings. The molecule has 0 radical (unpaired) electrons. The molecule has 4 aromatic rings. The molecule has 2 N–H and O–H groups in total. The molecular formula is C27H22BrN3O4. The van der Waals surface area contributed by atoms with Gasteiger partial charge in [0.15, 0.2) is 6.10 Å². The van der Waals surface area contributed by atoms with Gasteiger partial charge in [0.05, 0.1) is 16.8 Å². The van der Waals surface area contributed by atoms with Gasteiger partial charge in [0, 0.05) is 33.7 Å². The number of nitrogens with one attached hydrogen (secondary N) is 2. The summed E-state index contributed by atoms with van der Waals surface area (Å²) < 4.78 is 6.46. The SMILES string of the molecule is CC(=O)Nc1ccc(NC(=O)C(C)OC(=O)c2cc(-c3ccc(Br)cc3)nc3ccccc23)cc1. The summed E-state index contributed by atoms with van der Waals surface area (Å²) in [7, 11) is 0. The molecule has 1 heterocycles. The lowest BCUT2D eigenvalue weighted by atomic mass is 10.0. The van der Waals surface area contributed by atoms with Crippen LogP contribution in [0.4, 0.5) is 11.4 Å². The second kappa shape index (κ2) is 10.5. The zero-order valence-corrected chi connectivity index (χ0v) is 20.6. The molecule has 0 saturated carbocycles. The number of hydrogen-bond donors (Lipinski definition) is 2. The number of carbonyl (C=O) groups excluding carboxylic acids is 3. The summed E-state index contributed by atoms with van der Waals surface area (Å²) in [6, 6.07) is 23.2. The van der Waals surface area contributed by atoms with Gasteiger partial charge < -0.3 is 15.4 Å². The standard InChI is InChI=1S/C27H22BrN3O4/c1-16(26(33)30-21-13-11-20(12-14-21)29-17(2)32)35-27(34)23-15-25(18-7-9-19(28)10-8-18)31-24-6-4-3-5-22(23)24/h3-16H,1-2H3,(H,29,32)(H,30,33). The van der Waals surface area contributed by atoms with E-state index in [1.165, 1.54) is 13.8 Å². The highest BCUT2D eigenvalue weighted by Crippen LogP contribution is 2.27. The van der Waals surface area contributed by atoms with Gasteiger partial charge in [-0.1, -0.05) is 46.3 Å². The second-order valence-corrected chi connectivity index (χ2v) is 8.79. The second-order valence-electron chi connectivity index (χ2n) is 7.87. The van der Waals surface area contributed by atoms with Gasteiger partial charge >= 0.3 is 5.97 Å². The van der Waals surface area contributed by atoms with Gasteiger partial charge in [-0.3, -0.25) is 9.59 Å². The van der Waals surface area contributed by atoms with Crippen molar-refractivity contribution in [2.24, 2.45) is 0 Å². The number of carbonyl (C=O) groups is 3. The molecule has 1 unspecified atom stereocenters. The average Bonchev–Trinajstić information content (AvgIpc) is 2.84. The van der Waals surface area contributed by atoms with Crippen LogP contribution < -0.4 is 10.6 Å². The summed E-state index contributed by atoms with van der Waals surface area (Å²) in [6.45, 7) is 2.93. The third-order valence-electron chi connectivity index (χ3n) is 5.20. The molecule has 176 valence electrons. The Hall–Kier alpha value is -4.04. The summed E-state index contributed by atoms with van der Waals surface area (Å²) in [5.74, 6) is -1.28. The first-order chi connectivity index (χ1) is 16.8. The van der Waals surface area contributed by atoms with Crippen LogP contribution in [0.1, 0.15) is 24.2 Å². The number of halogens is 1. The van der Waals surface area contributed by atoms with Gasteiger partial charge in [0.1, 0.15) is 0 Å². The van der Waals surface area contributed by atoms with Crippen LogP contribution >= 0.6 is 15.9 Å². The number of aromatic nitrogens is 1. The van der Waals surface area contributed by atoms with Gasteiger partial charge in [-0.15, -0.1) is 0 Å². The Balaban J connectivity index is 1.53. The smallest absolute Gasteiger partial charge is 0.339 e. The number of fused-ring (bicyclic) bond motifs is 1. The van der Waals surface area contributed by atoms with E-state index in [4.69, 9.17) is 4.74 Å². The maximum absolute atomic E-state index is 13.1. The van der Waals surface area contributed by atoms with E-state index in [-0.39, 0.29) is 5.91 Å². The summed E-state index contributed by atoms with van der Waals surface area (Å²) in [5.41, 5.74) is 3.57. The van der Waals surface area contributed by atoms with Crippen LogP contribution in [0.2, 0.25) is 0 Å². The maximum atomic E-state index is 13.1. The predicted octanol–water partition coefficient (Wildman–Crippen LogP) is 5.81. The Morgan fingerprint density at radius 3 is 2.17 bits per heavy atom. The molecule has 7 nitrogen and oxygen atoms in total. The summed E-state index contributed by atoms with van der Waals surface area (Å²) in [5, 5.41) is 6.01. The number of nitrogens with zero attached hydrogens (tertiary/aromatic N) is 1. The quantitative estimate of drug-likeness (QED) is 0.306. The molecule has 1 aromatic heterocycles. The summed E-state index contributed by atoms with van der Waals surface area (Å²) in [6.07, 6.45) is -1.04. The Morgan fingerprint density at radius 1 is 0.886 bits per heavy atom. The molecule has 0 fully saturated rings. The van der Waals surface area contributed by atoms with Crippen molar-refractivity contribution in [1.82, 2.24) is 4.98 Å². The van der Waals surface area contributed by atoms with E-state index >= 15 is 0 Å². The molecule has 35 heavy (non-hydrogen) atoms. The molecule has 0 bridgehead atoms. The van der Waals surface area contributed by atoms with Crippen LogP contribution in [0.15, 0.2) is 83.3 Å². The molecular weight excluding hydrogens is 510 g/mol. The van der Waals surface area contributed by atoms with Gasteiger partial charge in [-0.25, -0.2) is 9.78 Å². The average molecular weight is 532 g/mol. The normalized spacial score (nSPS) is 11.5. The number of pyridine rings is 1.